The van der Waals surface area contributed by atoms with Gasteiger partial charge in [-0.05, 0) is 27.0 Å². The highest BCUT2D eigenvalue weighted by atomic mass is 32.2. The highest BCUT2D eigenvalue weighted by Gasteiger charge is 2.16. The summed E-state index contributed by atoms with van der Waals surface area (Å²) in [6, 6.07) is 1.93. The van der Waals surface area contributed by atoms with E-state index in [9.17, 15) is 0 Å². The zero-order chi connectivity index (χ0) is 14.3. The van der Waals surface area contributed by atoms with E-state index in [4.69, 9.17) is 4.74 Å². The highest BCUT2D eigenvalue weighted by molar-refractivity contribution is 7.99. The highest BCUT2D eigenvalue weighted by Crippen LogP contribution is 2.22. The molecule has 0 radical (unpaired) electrons. The molecule has 1 rings (SSSR count). The summed E-state index contributed by atoms with van der Waals surface area (Å²) >= 11 is 1.83. The van der Waals surface area contributed by atoms with E-state index in [0.717, 1.165) is 24.7 Å². The molecule has 1 aromatic rings. The minimum atomic E-state index is 0.171. The number of aromatic nitrogens is 2. The maximum atomic E-state index is 5.10. The quantitative estimate of drug-likeness (QED) is 0.765. The van der Waals surface area contributed by atoms with Crippen LogP contribution >= 0.6 is 11.8 Å². The van der Waals surface area contributed by atoms with Gasteiger partial charge in [-0.25, -0.2) is 9.97 Å². The molecule has 6 heteroatoms. The molecule has 0 saturated heterocycles. The third kappa shape index (κ3) is 5.65. The van der Waals surface area contributed by atoms with Crippen molar-refractivity contribution in [2.45, 2.75) is 32.1 Å². The summed E-state index contributed by atoms with van der Waals surface area (Å²) in [6.07, 6.45) is 2.11. The fourth-order valence-corrected chi connectivity index (χ4v) is 1.65. The summed E-state index contributed by atoms with van der Waals surface area (Å²) < 4.78 is 5.27. The summed E-state index contributed by atoms with van der Waals surface area (Å²) in [6.45, 7) is 8.55. The van der Waals surface area contributed by atoms with E-state index >= 15 is 0 Å². The molecule has 1 aromatic heterocycles. The largest absolute Gasteiger partial charge is 0.377 e. The Hall–Kier alpha value is -1.01. The van der Waals surface area contributed by atoms with Crippen LogP contribution in [0.4, 0.5) is 11.6 Å². The van der Waals surface area contributed by atoms with Gasteiger partial charge in [-0.15, -0.1) is 0 Å². The van der Waals surface area contributed by atoms with E-state index in [1.165, 1.54) is 0 Å². The summed E-state index contributed by atoms with van der Waals surface area (Å²) in [5.41, 5.74) is 0. The van der Waals surface area contributed by atoms with Crippen LogP contribution in [-0.2, 0) is 11.3 Å². The van der Waals surface area contributed by atoms with Crippen LogP contribution in [0.2, 0.25) is 0 Å². The Balaban J connectivity index is 2.80. The van der Waals surface area contributed by atoms with Gasteiger partial charge >= 0.3 is 0 Å². The Morgan fingerprint density at radius 3 is 2.42 bits per heavy atom. The zero-order valence-corrected chi connectivity index (χ0v) is 13.2. The Morgan fingerprint density at radius 1 is 1.26 bits per heavy atom. The predicted octanol–water partition coefficient (Wildman–Crippen LogP) is 2.61. The van der Waals surface area contributed by atoms with Crippen molar-refractivity contribution in [3.05, 3.63) is 11.9 Å². The number of methoxy groups -OCH3 is 1. The van der Waals surface area contributed by atoms with Gasteiger partial charge in [0.25, 0.3) is 0 Å². The van der Waals surface area contributed by atoms with Gasteiger partial charge in [-0.2, -0.15) is 11.8 Å². The third-order valence-electron chi connectivity index (χ3n) is 2.65. The Kier molecular flexibility index (Phi) is 6.37. The van der Waals surface area contributed by atoms with Crippen LogP contribution in [0, 0.1) is 0 Å². The van der Waals surface area contributed by atoms with Gasteiger partial charge < -0.3 is 15.4 Å². The second-order valence-electron chi connectivity index (χ2n) is 4.84. The molecule has 19 heavy (non-hydrogen) atoms. The number of hydrogen-bond donors (Lipinski definition) is 2. The summed E-state index contributed by atoms with van der Waals surface area (Å²) in [5, 5.41) is 6.57. The van der Waals surface area contributed by atoms with Crippen molar-refractivity contribution in [1.82, 2.24) is 9.97 Å². The normalized spacial score (nSPS) is 11.4. The molecular formula is C13H24N4OS. The lowest BCUT2D eigenvalue weighted by atomic mass is 10.2. The third-order valence-corrected chi connectivity index (χ3v) is 3.90. The van der Waals surface area contributed by atoms with Gasteiger partial charge in [-0.3, -0.25) is 0 Å². The van der Waals surface area contributed by atoms with Gasteiger partial charge in [0.15, 0.2) is 5.82 Å². The molecule has 0 saturated carbocycles. The molecule has 0 fully saturated rings. The van der Waals surface area contributed by atoms with Crippen molar-refractivity contribution in [3.63, 3.8) is 0 Å². The molecule has 0 aromatic carbocycles. The van der Waals surface area contributed by atoms with Gasteiger partial charge in [-0.1, -0.05) is 0 Å². The smallest absolute Gasteiger partial charge is 0.158 e. The molecule has 0 aliphatic carbocycles. The van der Waals surface area contributed by atoms with E-state index in [1.54, 1.807) is 7.11 Å². The molecule has 0 spiro atoms. The Labute approximate surface area is 119 Å². The first kappa shape index (κ1) is 16.0. The van der Waals surface area contributed by atoms with Gasteiger partial charge in [0, 0.05) is 31.0 Å². The van der Waals surface area contributed by atoms with Gasteiger partial charge in [0.2, 0.25) is 0 Å². The Morgan fingerprint density at radius 2 is 1.89 bits per heavy atom. The van der Waals surface area contributed by atoms with E-state index in [0.29, 0.717) is 12.4 Å². The van der Waals surface area contributed by atoms with Crippen LogP contribution in [0.1, 0.15) is 26.6 Å². The second-order valence-corrected chi connectivity index (χ2v) is 6.35. The molecule has 2 N–H and O–H groups in total. The molecule has 0 atom stereocenters. The molecule has 1 heterocycles. The van der Waals surface area contributed by atoms with Gasteiger partial charge in [0.05, 0.1) is 0 Å². The molecule has 0 amide bonds. The number of thioether (sulfide) groups is 1. The number of nitrogens with zero attached hydrogens (tertiary/aromatic N) is 2. The van der Waals surface area contributed by atoms with Crippen LogP contribution in [-0.4, -0.2) is 41.2 Å². The zero-order valence-electron chi connectivity index (χ0n) is 12.4. The number of hydrogen-bond acceptors (Lipinski definition) is 6. The molecule has 0 aliphatic rings. The van der Waals surface area contributed by atoms with Crippen molar-refractivity contribution < 1.29 is 4.74 Å². The average molecular weight is 284 g/mol. The summed E-state index contributed by atoms with van der Waals surface area (Å²) in [4.78, 5) is 8.83. The van der Waals surface area contributed by atoms with Crippen molar-refractivity contribution in [1.29, 1.82) is 0 Å². The first-order valence-electron chi connectivity index (χ1n) is 6.40. The number of ether oxygens (including phenoxy) is 1. The number of nitrogens with one attached hydrogen (secondary N) is 2. The molecule has 0 bridgehead atoms. The lowest BCUT2D eigenvalue weighted by Gasteiger charge is -2.22. The van der Waals surface area contributed by atoms with Crippen molar-refractivity contribution in [2.75, 3.05) is 37.1 Å². The molecule has 0 unspecified atom stereocenters. The van der Waals surface area contributed by atoms with E-state index in [-0.39, 0.29) is 4.75 Å². The lowest BCUT2D eigenvalue weighted by molar-refractivity contribution is 0.178. The van der Waals surface area contributed by atoms with E-state index in [1.807, 2.05) is 24.8 Å². The fraction of sp³-hybridized carbons (Fsp3) is 0.692. The van der Waals surface area contributed by atoms with Gasteiger partial charge in [0.1, 0.15) is 18.2 Å². The predicted molar refractivity (Wildman–Crippen MR) is 83.0 cm³/mol. The SMILES string of the molecule is CCNc1cc(NCC(C)(C)SC)nc(COC)n1. The fourth-order valence-electron chi connectivity index (χ4n) is 1.43. The molecule has 108 valence electrons. The van der Waals surface area contributed by atoms with E-state index in [2.05, 4.69) is 40.7 Å². The van der Waals surface area contributed by atoms with Crippen LogP contribution in [0.3, 0.4) is 0 Å². The first-order chi connectivity index (χ1) is 9.00. The summed E-state index contributed by atoms with van der Waals surface area (Å²) in [5.74, 6) is 2.35. The summed E-state index contributed by atoms with van der Waals surface area (Å²) in [7, 11) is 1.65. The molecule has 0 aliphatic heterocycles. The van der Waals surface area contributed by atoms with Crippen LogP contribution < -0.4 is 10.6 Å². The van der Waals surface area contributed by atoms with Crippen LogP contribution in [0.25, 0.3) is 0 Å². The Bertz CT molecular complexity index is 374. The van der Waals surface area contributed by atoms with Crippen LogP contribution in [0.15, 0.2) is 6.07 Å². The number of anilines is 2. The topological polar surface area (TPSA) is 59.1 Å². The molecule has 5 nitrogen and oxygen atoms in total. The van der Waals surface area contributed by atoms with Crippen molar-refractivity contribution in [3.8, 4) is 0 Å². The lowest BCUT2D eigenvalue weighted by Crippen LogP contribution is -2.26. The van der Waals surface area contributed by atoms with Crippen molar-refractivity contribution >= 4 is 23.4 Å². The minimum Gasteiger partial charge on any atom is -0.377 e. The number of rotatable bonds is 8. The minimum absolute atomic E-state index is 0.171. The standard InChI is InChI=1S/C13H24N4OS/c1-6-14-10-7-11(15-9-13(2,3)19-5)17-12(16-10)8-18-4/h7H,6,8-9H2,1-5H3,(H2,14,15,16,17). The second kappa shape index (κ2) is 7.55. The first-order valence-corrected chi connectivity index (χ1v) is 7.63. The maximum Gasteiger partial charge on any atom is 0.158 e. The average Bonchev–Trinajstić information content (AvgIpc) is 2.37. The maximum absolute atomic E-state index is 5.10. The van der Waals surface area contributed by atoms with E-state index < -0.39 is 0 Å². The molecular weight excluding hydrogens is 260 g/mol. The van der Waals surface area contributed by atoms with Crippen LogP contribution in [0.5, 0.6) is 0 Å². The van der Waals surface area contributed by atoms with Crippen molar-refractivity contribution in [2.24, 2.45) is 0 Å². The monoisotopic (exact) mass is 284 g/mol.